The van der Waals surface area contributed by atoms with Gasteiger partial charge in [-0.1, -0.05) is 6.08 Å². The first-order chi connectivity index (χ1) is 6.69. The molecule has 0 fully saturated rings. The normalized spacial score (nSPS) is 9.56. The van der Waals surface area contributed by atoms with Crippen molar-refractivity contribution >= 4 is 51.6 Å². The van der Waals surface area contributed by atoms with E-state index in [1.54, 1.807) is 0 Å². The first-order valence-corrected chi connectivity index (χ1v) is 5.00. The summed E-state index contributed by atoms with van der Waals surface area (Å²) >= 11 is 0. The molecule has 0 aliphatic carbocycles. The molecule has 0 radical (unpaired) electrons. The second kappa shape index (κ2) is 10.8. The molecule has 88 valence electrons. The van der Waals surface area contributed by atoms with E-state index in [4.69, 9.17) is 14.8 Å². The maximum absolute atomic E-state index is 9.72. The summed E-state index contributed by atoms with van der Waals surface area (Å²) in [5, 5.41) is 15.6. The van der Waals surface area contributed by atoms with E-state index in [0.717, 1.165) is 6.08 Å². The van der Waals surface area contributed by atoms with E-state index in [2.05, 4.69) is 6.58 Å². The molecule has 9 heteroatoms. The topological polar surface area (TPSA) is 129 Å². The summed E-state index contributed by atoms with van der Waals surface area (Å²) in [4.78, 5) is 19.1. The van der Waals surface area contributed by atoms with Crippen LogP contribution in [0.3, 0.4) is 0 Å². The monoisotopic (exact) mass is 262 g/mol. The maximum atomic E-state index is 9.72. The Hall–Kier alpha value is -0.670. The molecule has 0 atom stereocenters. The Morgan fingerprint density at radius 2 is 1.44 bits per heavy atom. The van der Waals surface area contributed by atoms with Gasteiger partial charge in [-0.15, -0.1) is 6.58 Å². The number of carboxylic acids is 2. The number of hydrogen-bond acceptors (Lipinski definition) is 4. The molecule has 0 unspecified atom stereocenters. The van der Waals surface area contributed by atoms with Gasteiger partial charge in [-0.25, -0.2) is 9.59 Å². The quantitative estimate of drug-likeness (QED) is 0.260. The van der Waals surface area contributed by atoms with Crippen LogP contribution >= 0.6 is 0 Å². The van der Waals surface area contributed by atoms with E-state index >= 15 is 0 Å². The van der Waals surface area contributed by atoms with Gasteiger partial charge < -0.3 is 10.2 Å². The molecule has 0 heterocycles. The molecule has 0 aliphatic heterocycles. The Morgan fingerprint density at radius 1 is 1.12 bits per heavy atom. The van der Waals surface area contributed by atoms with Crippen molar-refractivity contribution in [1.82, 2.24) is 0 Å². The number of hydrogen-bond donors (Lipinski definition) is 3. The van der Waals surface area contributed by atoms with Crippen LogP contribution in [0.15, 0.2) is 24.8 Å². The van der Waals surface area contributed by atoms with Crippen LogP contribution in [-0.4, -0.2) is 70.4 Å². The zero-order valence-corrected chi connectivity index (χ0v) is 8.35. The van der Waals surface area contributed by atoms with Crippen LogP contribution in [0.2, 0.25) is 0 Å². The van der Waals surface area contributed by atoms with Crippen LogP contribution in [0, 0.1) is 0 Å². The molecular formula is C7H11NaO7S. The van der Waals surface area contributed by atoms with E-state index < -0.39 is 22.1 Å². The third-order valence-electron chi connectivity index (χ3n) is 0.697. The van der Waals surface area contributed by atoms with E-state index in [9.17, 15) is 18.0 Å². The molecular weight excluding hydrogens is 251 g/mol. The Kier molecular flexibility index (Phi) is 14.0. The molecule has 16 heavy (non-hydrogen) atoms. The number of carboxylic acid groups (broad SMARTS) is 2. The number of rotatable bonds is 4. The Bertz CT molecular complexity index is 341. The summed E-state index contributed by atoms with van der Waals surface area (Å²) in [6, 6.07) is 0. The standard InChI is InChI=1S/C4H4O4.C3H6O3S.Na.H/c5-3(6)1-2-4(7)8;1-2-3-7(4,5)6;;/h1-2H,(H,5,6)(H,7,8);2H,1,3H2,(H,4,5,6);;/b2-1-;;;. The van der Waals surface area contributed by atoms with Gasteiger partial charge in [0, 0.05) is 12.2 Å². The van der Waals surface area contributed by atoms with Crippen molar-refractivity contribution in [2.24, 2.45) is 0 Å². The van der Waals surface area contributed by atoms with Gasteiger partial charge in [0.1, 0.15) is 0 Å². The summed E-state index contributed by atoms with van der Waals surface area (Å²) in [5.41, 5.74) is 0. The Morgan fingerprint density at radius 3 is 1.50 bits per heavy atom. The third kappa shape index (κ3) is 29.2. The van der Waals surface area contributed by atoms with Crippen LogP contribution < -0.4 is 0 Å². The number of aliphatic carboxylic acids is 2. The van der Waals surface area contributed by atoms with Gasteiger partial charge in [0.2, 0.25) is 0 Å². The molecule has 0 saturated carbocycles. The van der Waals surface area contributed by atoms with Crippen LogP contribution in [0.5, 0.6) is 0 Å². The van der Waals surface area contributed by atoms with Gasteiger partial charge in [0.15, 0.2) is 0 Å². The summed E-state index contributed by atoms with van der Waals surface area (Å²) in [6.07, 6.45) is 2.24. The summed E-state index contributed by atoms with van der Waals surface area (Å²) < 4.78 is 27.3. The van der Waals surface area contributed by atoms with Crippen molar-refractivity contribution < 1.29 is 32.8 Å². The van der Waals surface area contributed by atoms with Crippen molar-refractivity contribution in [2.75, 3.05) is 5.75 Å². The van der Waals surface area contributed by atoms with E-state index in [1.807, 2.05) is 0 Å². The summed E-state index contributed by atoms with van der Waals surface area (Å²) in [6.45, 7) is 3.11. The molecule has 0 amide bonds. The zero-order chi connectivity index (χ0) is 12.5. The fourth-order valence-electron chi connectivity index (χ4n) is 0.292. The molecule has 0 spiro atoms. The van der Waals surface area contributed by atoms with E-state index in [-0.39, 0.29) is 35.3 Å². The van der Waals surface area contributed by atoms with E-state index in [1.165, 1.54) is 0 Å². The number of carbonyl (C=O) groups is 2. The van der Waals surface area contributed by atoms with Gasteiger partial charge >= 0.3 is 41.5 Å². The first-order valence-electron chi connectivity index (χ1n) is 3.39. The van der Waals surface area contributed by atoms with Crippen molar-refractivity contribution in [3.8, 4) is 0 Å². The SMILES string of the molecule is C=CCS(=O)(=O)O.O=C(O)/C=C\C(=O)O.[NaH]. The molecule has 0 aromatic carbocycles. The Labute approximate surface area is 115 Å². The first kappa shape index (κ1) is 20.7. The fraction of sp³-hybridized carbons (Fsp3) is 0.143. The van der Waals surface area contributed by atoms with Crippen molar-refractivity contribution in [3.63, 3.8) is 0 Å². The molecule has 0 aromatic rings. The predicted molar refractivity (Wildman–Crippen MR) is 58.2 cm³/mol. The molecule has 0 rings (SSSR count). The minimum absolute atomic E-state index is 0. The van der Waals surface area contributed by atoms with Gasteiger partial charge in [-0.05, 0) is 0 Å². The third-order valence-corrected chi connectivity index (χ3v) is 1.35. The predicted octanol–water partition coefficient (Wildman–Crippen LogP) is -0.876. The van der Waals surface area contributed by atoms with Gasteiger partial charge in [0.25, 0.3) is 10.1 Å². The van der Waals surface area contributed by atoms with Gasteiger partial charge in [-0.2, -0.15) is 8.42 Å². The van der Waals surface area contributed by atoms with Crippen LogP contribution in [0.25, 0.3) is 0 Å². The molecule has 3 N–H and O–H groups in total. The summed E-state index contributed by atoms with van der Waals surface area (Å²) in [7, 11) is -3.79. The van der Waals surface area contributed by atoms with Crippen LogP contribution in [0.1, 0.15) is 0 Å². The van der Waals surface area contributed by atoms with Crippen molar-refractivity contribution in [1.29, 1.82) is 0 Å². The molecule has 0 aliphatic rings. The van der Waals surface area contributed by atoms with Crippen molar-refractivity contribution in [2.45, 2.75) is 0 Å². The second-order valence-corrected chi connectivity index (χ2v) is 3.54. The minimum atomic E-state index is -3.79. The average molecular weight is 262 g/mol. The fourth-order valence-corrected chi connectivity index (χ4v) is 0.589. The Balaban J connectivity index is -0.000000200. The van der Waals surface area contributed by atoms with Gasteiger partial charge in [0.05, 0.1) is 5.75 Å². The average Bonchev–Trinajstić information content (AvgIpc) is 1.99. The molecule has 7 nitrogen and oxygen atoms in total. The molecule has 0 bridgehead atoms. The zero-order valence-electron chi connectivity index (χ0n) is 7.53. The summed E-state index contributed by atoms with van der Waals surface area (Å²) in [5.74, 6) is -2.88. The van der Waals surface area contributed by atoms with E-state index in [0.29, 0.717) is 12.2 Å². The van der Waals surface area contributed by atoms with Crippen LogP contribution in [0.4, 0.5) is 0 Å². The van der Waals surface area contributed by atoms with Gasteiger partial charge in [-0.3, -0.25) is 4.55 Å². The molecule has 0 saturated heterocycles. The second-order valence-electron chi connectivity index (χ2n) is 2.05. The van der Waals surface area contributed by atoms with Crippen LogP contribution in [-0.2, 0) is 19.7 Å². The van der Waals surface area contributed by atoms with Crippen molar-refractivity contribution in [3.05, 3.63) is 24.8 Å². The molecule has 0 aromatic heterocycles.